The number of morpholine rings is 1. The van der Waals surface area contributed by atoms with Gasteiger partial charge < -0.3 is 26.1 Å². The molecule has 1 fully saturated rings. The Kier molecular flexibility index (Phi) is 10.5. The highest BCUT2D eigenvalue weighted by molar-refractivity contribution is 6.07. The summed E-state index contributed by atoms with van der Waals surface area (Å²) in [4.78, 5) is 9.22. The molecule has 0 saturated carbocycles. The van der Waals surface area contributed by atoms with Gasteiger partial charge >= 0.3 is 6.18 Å². The van der Waals surface area contributed by atoms with Gasteiger partial charge in [0.25, 0.3) is 0 Å². The Morgan fingerprint density at radius 1 is 1.19 bits per heavy atom. The van der Waals surface area contributed by atoms with Crippen LogP contribution < -0.4 is 11.1 Å². The van der Waals surface area contributed by atoms with Gasteiger partial charge in [0, 0.05) is 66.3 Å². The van der Waals surface area contributed by atoms with Gasteiger partial charge in [-0.2, -0.15) is 13.2 Å². The first kappa shape index (κ1) is 32.4. The van der Waals surface area contributed by atoms with E-state index in [1.807, 2.05) is 52.2 Å². The van der Waals surface area contributed by atoms with Crippen molar-refractivity contribution in [1.82, 2.24) is 20.1 Å². The highest BCUT2D eigenvalue weighted by atomic mass is 19.4. The maximum absolute atomic E-state index is 14.3. The van der Waals surface area contributed by atoms with Crippen molar-refractivity contribution < 1.29 is 17.9 Å². The average Bonchev–Trinajstić information content (AvgIpc) is 3.01. The summed E-state index contributed by atoms with van der Waals surface area (Å²) in [5.74, 6) is 0. The van der Waals surface area contributed by atoms with Crippen LogP contribution in [0.15, 0.2) is 36.9 Å². The molecule has 10 heteroatoms. The van der Waals surface area contributed by atoms with Gasteiger partial charge in [-0.05, 0) is 56.1 Å². The Morgan fingerprint density at radius 2 is 1.86 bits per heavy atom. The van der Waals surface area contributed by atoms with Crippen LogP contribution in [0.2, 0.25) is 0 Å². The number of benzene rings is 2. The third-order valence-electron chi connectivity index (χ3n) is 8.13. The summed E-state index contributed by atoms with van der Waals surface area (Å²) >= 11 is 0. The molecule has 0 bridgehead atoms. The van der Waals surface area contributed by atoms with Gasteiger partial charge in [-0.25, -0.2) is 4.98 Å². The molecule has 2 aromatic carbocycles. The fourth-order valence-corrected chi connectivity index (χ4v) is 5.97. The van der Waals surface area contributed by atoms with Crippen LogP contribution in [0, 0.1) is 5.41 Å². The van der Waals surface area contributed by atoms with Crippen molar-refractivity contribution in [3.05, 3.63) is 64.7 Å². The van der Waals surface area contributed by atoms with E-state index in [4.69, 9.17) is 20.9 Å². The van der Waals surface area contributed by atoms with E-state index in [9.17, 15) is 13.2 Å². The van der Waals surface area contributed by atoms with Gasteiger partial charge in [-0.1, -0.05) is 44.7 Å². The molecular weight excluding hydrogens is 553 g/mol. The fourth-order valence-electron chi connectivity index (χ4n) is 5.97. The SMILES string of the molecule is C=C(NCCN(C)C)c1ccc(-c2nc3c(C(F)(F)F)cc(N)c(C=N)c3c3c2CC(N2CCOCC2)CC3)cc1.CC. The van der Waals surface area contributed by atoms with E-state index in [1.54, 1.807) is 0 Å². The zero-order chi connectivity index (χ0) is 31.3. The lowest BCUT2D eigenvalue weighted by molar-refractivity contribution is -0.136. The number of aryl methyl sites for hydroxylation is 1. The second kappa shape index (κ2) is 13.9. The molecular formula is C33H43F3N6O. The van der Waals surface area contributed by atoms with Crippen LogP contribution in [-0.2, 0) is 23.8 Å². The molecule has 5 rings (SSSR count). The highest BCUT2D eigenvalue weighted by Crippen LogP contribution is 2.43. The third kappa shape index (κ3) is 7.03. The number of nitrogens with zero attached hydrogens (tertiary/aromatic N) is 3. The number of hydrogen-bond donors (Lipinski definition) is 3. The van der Waals surface area contributed by atoms with Gasteiger partial charge in [0.15, 0.2) is 0 Å². The Labute approximate surface area is 252 Å². The van der Waals surface area contributed by atoms with Crippen LogP contribution in [0.1, 0.15) is 48.1 Å². The predicted molar refractivity (Wildman–Crippen MR) is 170 cm³/mol. The molecule has 1 unspecified atom stereocenters. The molecule has 1 saturated heterocycles. The summed E-state index contributed by atoms with van der Waals surface area (Å²) < 4.78 is 48.5. The zero-order valence-electron chi connectivity index (χ0n) is 25.6. The van der Waals surface area contributed by atoms with Crippen molar-refractivity contribution in [2.45, 2.75) is 45.3 Å². The highest BCUT2D eigenvalue weighted by Gasteiger charge is 2.37. The molecule has 1 aromatic heterocycles. The van der Waals surface area contributed by atoms with E-state index >= 15 is 0 Å². The standard InChI is InChI=1S/C31H37F3N6O.C2H6/c1-19(37-10-11-39(2)3)20-4-6-21(7-5-20)29-24-16-22(40-12-14-41-15-13-40)8-9-23(24)28-25(18-35)27(36)17-26(30(28)38-29)31(32,33)34;1-2/h4-7,17-18,22,35,37H,1,8-16,36H2,2-3H3;1-2H3. The number of alkyl halides is 3. The Bertz CT molecular complexity index is 1450. The molecule has 1 aliphatic carbocycles. The quantitative estimate of drug-likeness (QED) is 0.224. The summed E-state index contributed by atoms with van der Waals surface area (Å²) in [7, 11) is 4.01. The van der Waals surface area contributed by atoms with Crippen molar-refractivity contribution in [3.63, 3.8) is 0 Å². The first-order valence-electron chi connectivity index (χ1n) is 14.9. The minimum absolute atomic E-state index is 0.0588. The minimum Gasteiger partial charge on any atom is -0.398 e. The molecule has 0 spiro atoms. The number of hydrogen-bond acceptors (Lipinski definition) is 7. The lowest BCUT2D eigenvalue weighted by Gasteiger charge is -2.38. The number of pyridine rings is 1. The average molecular weight is 597 g/mol. The summed E-state index contributed by atoms with van der Waals surface area (Å²) in [6.45, 7) is 12.7. The van der Waals surface area contributed by atoms with E-state index in [1.165, 1.54) is 0 Å². The summed E-state index contributed by atoms with van der Waals surface area (Å²) in [5.41, 5.74) is 10.0. The number of nitrogens with one attached hydrogen (secondary N) is 2. The van der Waals surface area contributed by atoms with Crippen LogP contribution in [0.25, 0.3) is 27.9 Å². The second-order valence-electron chi connectivity index (χ2n) is 11.0. The van der Waals surface area contributed by atoms with E-state index in [0.29, 0.717) is 42.7 Å². The number of nitrogen functional groups attached to an aromatic ring is 1. The molecule has 232 valence electrons. The van der Waals surface area contributed by atoms with Crippen LogP contribution in [-0.4, -0.2) is 80.5 Å². The van der Waals surface area contributed by atoms with Crippen molar-refractivity contribution in [2.24, 2.45) is 0 Å². The molecule has 2 aliphatic rings. The maximum Gasteiger partial charge on any atom is 0.418 e. The molecule has 1 atom stereocenters. The van der Waals surface area contributed by atoms with Gasteiger partial charge in [0.05, 0.1) is 30.0 Å². The number of likely N-dealkylation sites (N-methyl/N-ethyl adjacent to an activating group) is 1. The zero-order valence-corrected chi connectivity index (χ0v) is 25.6. The number of nitrogens with two attached hydrogens (primary N) is 1. The van der Waals surface area contributed by atoms with Crippen LogP contribution >= 0.6 is 0 Å². The summed E-state index contributed by atoms with van der Waals surface area (Å²) in [5, 5.41) is 11.7. The number of aromatic nitrogens is 1. The number of halogens is 3. The minimum atomic E-state index is -4.64. The first-order valence-corrected chi connectivity index (χ1v) is 14.9. The van der Waals surface area contributed by atoms with Crippen molar-refractivity contribution >= 4 is 28.5 Å². The Balaban J connectivity index is 0.00000207. The number of fused-ring (bicyclic) bond motifs is 3. The normalized spacial score (nSPS) is 17.3. The van der Waals surface area contributed by atoms with E-state index in [0.717, 1.165) is 72.8 Å². The van der Waals surface area contributed by atoms with Gasteiger partial charge in [-0.3, -0.25) is 4.90 Å². The number of rotatable bonds is 8. The Hall–Kier alpha value is -3.47. The number of anilines is 1. The third-order valence-corrected chi connectivity index (χ3v) is 8.13. The molecule has 3 aromatic rings. The lowest BCUT2D eigenvalue weighted by Crippen LogP contribution is -2.46. The molecule has 2 heterocycles. The topological polar surface area (TPSA) is 90.5 Å². The second-order valence-corrected chi connectivity index (χ2v) is 11.0. The lowest BCUT2D eigenvalue weighted by atomic mass is 9.81. The fraction of sp³-hybridized carbons (Fsp3) is 0.455. The van der Waals surface area contributed by atoms with Crippen LogP contribution in [0.5, 0.6) is 0 Å². The molecule has 4 N–H and O–H groups in total. The van der Waals surface area contributed by atoms with Crippen molar-refractivity contribution in [1.29, 1.82) is 5.41 Å². The summed E-state index contributed by atoms with van der Waals surface area (Å²) in [6, 6.07) is 8.81. The van der Waals surface area contributed by atoms with Crippen molar-refractivity contribution in [3.8, 4) is 11.3 Å². The molecule has 1 aliphatic heterocycles. The van der Waals surface area contributed by atoms with Gasteiger partial charge in [-0.15, -0.1) is 0 Å². The van der Waals surface area contributed by atoms with Gasteiger partial charge in [0.2, 0.25) is 0 Å². The van der Waals surface area contributed by atoms with Crippen molar-refractivity contribution in [2.75, 3.05) is 59.2 Å². The number of ether oxygens (including phenoxy) is 1. The summed E-state index contributed by atoms with van der Waals surface area (Å²) in [6.07, 6.45) is -1.55. The maximum atomic E-state index is 14.3. The van der Waals surface area contributed by atoms with Crippen LogP contribution in [0.4, 0.5) is 18.9 Å². The first-order chi connectivity index (χ1) is 20.6. The molecule has 0 amide bonds. The smallest absolute Gasteiger partial charge is 0.398 e. The van der Waals surface area contributed by atoms with Crippen LogP contribution in [0.3, 0.4) is 0 Å². The van der Waals surface area contributed by atoms with E-state index in [2.05, 4.69) is 21.7 Å². The molecule has 43 heavy (non-hydrogen) atoms. The largest absolute Gasteiger partial charge is 0.418 e. The molecule has 7 nitrogen and oxygen atoms in total. The van der Waals surface area contributed by atoms with Gasteiger partial charge in [0.1, 0.15) is 0 Å². The monoisotopic (exact) mass is 596 g/mol. The predicted octanol–water partition coefficient (Wildman–Crippen LogP) is 5.84. The van der Waals surface area contributed by atoms with E-state index in [-0.39, 0.29) is 17.2 Å². The van der Waals surface area contributed by atoms with E-state index < -0.39 is 11.7 Å². The Morgan fingerprint density at radius 3 is 2.47 bits per heavy atom. The molecule has 0 radical (unpaired) electrons.